The van der Waals surface area contributed by atoms with Crippen molar-refractivity contribution in [3.63, 3.8) is 0 Å². The molecule has 12 heavy (non-hydrogen) atoms. The molecule has 1 atom stereocenters. The van der Waals surface area contributed by atoms with Crippen molar-refractivity contribution in [3.05, 3.63) is 12.2 Å². The van der Waals surface area contributed by atoms with Gasteiger partial charge in [-0.15, -0.1) is 0 Å². The summed E-state index contributed by atoms with van der Waals surface area (Å²) in [5, 5.41) is 6.21. The molecule has 1 aromatic rings. The van der Waals surface area contributed by atoms with Gasteiger partial charge in [-0.2, -0.15) is 17.6 Å². The number of carbonyl (C=O) groups is 1. The van der Waals surface area contributed by atoms with E-state index in [-0.39, 0.29) is 17.7 Å². The zero-order valence-electron chi connectivity index (χ0n) is 6.52. The molecular formula is C6H9N3O2S. The van der Waals surface area contributed by atoms with Crippen LogP contribution in [0.15, 0.2) is 10.9 Å². The molecule has 0 saturated heterocycles. The standard InChI is InChI=1S/C6H9N3O2S/c1-4(8-5(10)2-12)6-7-3-11-9-6/h3-4,12H,2H2,1H3,(H,8,10). The lowest BCUT2D eigenvalue weighted by atomic mass is 10.3. The summed E-state index contributed by atoms with van der Waals surface area (Å²) in [5.41, 5.74) is 0. The van der Waals surface area contributed by atoms with Crippen LogP contribution < -0.4 is 5.32 Å². The van der Waals surface area contributed by atoms with Crippen LogP contribution in [-0.2, 0) is 4.79 Å². The number of nitrogens with zero attached hydrogens (tertiary/aromatic N) is 2. The first-order valence-corrected chi connectivity index (χ1v) is 4.03. The molecule has 1 heterocycles. The highest BCUT2D eigenvalue weighted by Gasteiger charge is 2.11. The molecule has 0 aliphatic carbocycles. The van der Waals surface area contributed by atoms with Crippen LogP contribution in [0.5, 0.6) is 0 Å². The Balaban J connectivity index is 2.49. The average molecular weight is 187 g/mol. The molecule has 1 rings (SSSR count). The number of aromatic nitrogens is 2. The molecule has 1 N–H and O–H groups in total. The fourth-order valence-electron chi connectivity index (χ4n) is 0.721. The number of rotatable bonds is 3. The van der Waals surface area contributed by atoms with E-state index < -0.39 is 0 Å². The van der Waals surface area contributed by atoms with E-state index >= 15 is 0 Å². The Kier molecular flexibility index (Phi) is 3.09. The summed E-state index contributed by atoms with van der Waals surface area (Å²) in [4.78, 5) is 14.6. The van der Waals surface area contributed by atoms with Gasteiger partial charge in [-0.25, -0.2) is 0 Å². The van der Waals surface area contributed by atoms with Crippen LogP contribution in [0.3, 0.4) is 0 Å². The quantitative estimate of drug-likeness (QED) is 0.662. The number of hydrogen-bond donors (Lipinski definition) is 2. The molecule has 0 aromatic carbocycles. The van der Waals surface area contributed by atoms with Gasteiger partial charge in [0.15, 0.2) is 5.82 Å². The summed E-state index contributed by atoms with van der Waals surface area (Å²) in [5.74, 6) is 0.461. The van der Waals surface area contributed by atoms with Crippen LogP contribution in [0, 0.1) is 0 Å². The van der Waals surface area contributed by atoms with Crippen LogP contribution >= 0.6 is 12.6 Å². The summed E-state index contributed by atoms with van der Waals surface area (Å²) in [7, 11) is 0. The number of carbonyl (C=O) groups excluding carboxylic acids is 1. The monoisotopic (exact) mass is 187 g/mol. The smallest absolute Gasteiger partial charge is 0.230 e. The van der Waals surface area contributed by atoms with E-state index in [9.17, 15) is 4.79 Å². The van der Waals surface area contributed by atoms with Gasteiger partial charge in [0.05, 0.1) is 11.8 Å². The predicted octanol–water partition coefficient (Wildman–Crippen LogP) is 0.177. The van der Waals surface area contributed by atoms with E-state index in [1.165, 1.54) is 6.39 Å². The second-order valence-electron chi connectivity index (χ2n) is 2.24. The van der Waals surface area contributed by atoms with Gasteiger partial charge in [0.1, 0.15) is 0 Å². The highest BCUT2D eigenvalue weighted by molar-refractivity contribution is 7.81. The highest BCUT2D eigenvalue weighted by atomic mass is 32.1. The van der Waals surface area contributed by atoms with Crippen molar-refractivity contribution in [2.24, 2.45) is 0 Å². The Morgan fingerprint density at radius 3 is 3.17 bits per heavy atom. The summed E-state index contributed by atoms with van der Waals surface area (Å²) in [6.07, 6.45) is 1.22. The Morgan fingerprint density at radius 1 is 1.92 bits per heavy atom. The fraction of sp³-hybridized carbons (Fsp3) is 0.500. The number of nitrogens with one attached hydrogen (secondary N) is 1. The number of thiol groups is 1. The van der Waals surface area contributed by atoms with E-state index in [0.29, 0.717) is 5.82 Å². The second-order valence-corrected chi connectivity index (χ2v) is 2.55. The van der Waals surface area contributed by atoms with Crippen molar-refractivity contribution < 1.29 is 9.32 Å². The zero-order valence-corrected chi connectivity index (χ0v) is 7.41. The normalized spacial score (nSPS) is 12.5. The van der Waals surface area contributed by atoms with Gasteiger partial charge >= 0.3 is 0 Å². The minimum absolute atomic E-state index is 0.155. The van der Waals surface area contributed by atoms with E-state index in [1.54, 1.807) is 6.92 Å². The average Bonchev–Trinajstić information content (AvgIpc) is 2.56. The molecule has 0 saturated carbocycles. The van der Waals surface area contributed by atoms with Gasteiger partial charge in [-0.05, 0) is 6.92 Å². The van der Waals surface area contributed by atoms with Gasteiger partial charge in [-0.1, -0.05) is 5.16 Å². The Hall–Kier alpha value is -1.04. The molecular weight excluding hydrogens is 178 g/mol. The van der Waals surface area contributed by atoms with Gasteiger partial charge in [-0.3, -0.25) is 4.79 Å². The summed E-state index contributed by atoms with van der Waals surface area (Å²) in [6, 6.07) is -0.233. The lowest BCUT2D eigenvalue weighted by Crippen LogP contribution is -2.28. The molecule has 1 amide bonds. The largest absolute Gasteiger partial charge is 0.346 e. The maximum atomic E-state index is 10.8. The zero-order chi connectivity index (χ0) is 8.97. The van der Waals surface area contributed by atoms with Crippen molar-refractivity contribution >= 4 is 18.5 Å². The molecule has 1 unspecified atom stereocenters. The minimum Gasteiger partial charge on any atom is -0.346 e. The number of amides is 1. The summed E-state index contributed by atoms with van der Waals surface area (Å²) >= 11 is 3.81. The van der Waals surface area contributed by atoms with Crippen molar-refractivity contribution in [2.75, 3.05) is 5.75 Å². The molecule has 5 nitrogen and oxygen atoms in total. The molecule has 0 aliphatic rings. The summed E-state index contributed by atoms with van der Waals surface area (Å²) in [6.45, 7) is 1.77. The third-order valence-electron chi connectivity index (χ3n) is 1.29. The molecule has 6 heteroatoms. The third-order valence-corrected chi connectivity index (χ3v) is 1.57. The number of hydrogen-bond acceptors (Lipinski definition) is 5. The lowest BCUT2D eigenvalue weighted by molar-refractivity contribution is -0.119. The predicted molar refractivity (Wildman–Crippen MR) is 44.7 cm³/mol. The Morgan fingerprint density at radius 2 is 2.67 bits per heavy atom. The topological polar surface area (TPSA) is 68.0 Å². The first kappa shape index (κ1) is 9.05. The van der Waals surface area contributed by atoms with Gasteiger partial charge in [0.2, 0.25) is 12.3 Å². The van der Waals surface area contributed by atoms with Crippen LogP contribution in [-0.4, -0.2) is 21.8 Å². The van der Waals surface area contributed by atoms with Crippen LogP contribution in [0.2, 0.25) is 0 Å². The maximum Gasteiger partial charge on any atom is 0.230 e. The van der Waals surface area contributed by atoms with Crippen molar-refractivity contribution in [1.29, 1.82) is 0 Å². The molecule has 1 aromatic heterocycles. The first-order chi connectivity index (χ1) is 5.74. The molecule has 0 fully saturated rings. The minimum atomic E-state index is -0.233. The molecule has 0 aliphatic heterocycles. The molecule has 0 bridgehead atoms. The lowest BCUT2D eigenvalue weighted by Gasteiger charge is -2.07. The van der Waals surface area contributed by atoms with Gasteiger partial charge in [0.25, 0.3) is 0 Å². The van der Waals surface area contributed by atoms with Crippen LogP contribution in [0.25, 0.3) is 0 Å². The van der Waals surface area contributed by atoms with Crippen molar-refractivity contribution in [2.45, 2.75) is 13.0 Å². The maximum absolute atomic E-state index is 10.8. The van der Waals surface area contributed by atoms with Crippen molar-refractivity contribution in [1.82, 2.24) is 15.5 Å². The fourth-order valence-corrected chi connectivity index (χ4v) is 0.813. The SMILES string of the molecule is CC(NC(=O)CS)c1ncon1. The molecule has 66 valence electrons. The third kappa shape index (κ3) is 2.23. The Labute approximate surface area is 74.9 Å². The van der Waals surface area contributed by atoms with Crippen LogP contribution in [0.4, 0.5) is 0 Å². The van der Waals surface area contributed by atoms with Gasteiger partial charge in [0, 0.05) is 0 Å². The Bertz CT molecular complexity index is 249. The highest BCUT2D eigenvalue weighted by Crippen LogP contribution is 2.04. The van der Waals surface area contributed by atoms with Gasteiger partial charge < -0.3 is 9.84 Å². The summed E-state index contributed by atoms with van der Waals surface area (Å²) < 4.78 is 4.52. The van der Waals surface area contributed by atoms with E-state index in [1.807, 2.05) is 0 Å². The van der Waals surface area contributed by atoms with Crippen molar-refractivity contribution in [3.8, 4) is 0 Å². The van der Waals surface area contributed by atoms with Crippen LogP contribution in [0.1, 0.15) is 18.8 Å². The molecule has 0 radical (unpaired) electrons. The second kappa shape index (κ2) is 4.10. The van der Waals surface area contributed by atoms with E-state index in [4.69, 9.17) is 0 Å². The van der Waals surface area contributed by atoms with E-state index in [0.717, 1.165) is 0 Å². The first-order valence-electron chi connectivity index (χ1n) is 3.40. The molecule has 0 spiro atoms. The van der Waals surface area contributed by atoms with E-state index in [2.05, 4.69) is 32.6 Å².